The quantitative estimate of drug-likeness (QED) is 0.646. The highest BCUT2D eigenvalue weighted by Gasteiger charge is 1.98. The molecule has 1 heterocycles. The molecule has 0 fully saturated rings. The Hall–Kier alpha value is -1.09. The van der Waals surface area contributed by atoms with Crippen molar-refractivity contribution >= 4 is 23.5 Å². The molecule has 12 heavy (non-hydrogen) atoms. The average Bonchev–Trinajstić information content (AvgIpc) is 2.43. The first-order chi connectivity index (χ1) is 5.79. The Kier molecular flexibility index (Phi) is 1.73. The first-order valence-electron chi connectivity index (χ1n) is 3.65. The van der Waals surface area contributed by atoms with Gasteiger partial charge >= 0.3 is 0 Å². The highest BCUT2D eigenvalue weighted by Crippen LogP contribution is 2.22. The number of methoxy groups -OCH3 is 1. The van der Waals surface area contributed by atoms with Crippen LogP contribution in [0, 0.1) is 0 Å². The zero-order valence-electron chi connectivity index (χ0n) is 6.66. The summed E-state index contributed by atoms with van der Waals surface area (Å²) in [5.74, 6) is 0.870. The van der Waals surface area contributed by atoms with Crippen molar-refractivity contribution in [1.82, 2.24) is 4.98 Å². The zero-order chi connectivity index (χ0) is 8.55. The molecule has 0 spiro atoms. The lowest BCUT2D eigenvalue weighted by Gasteiger charge is -1.97. The van der Waals surface area contributed by atoms with Gasteiger partial charge in [0.2, 0.25) is 0 Å². The first kappa shape index (κ1) is 7.55. The van der Waals surface area contributed by atoms with E-state index in [1.54, 1.807) is 7.11 Å². The van der Waals surface area contributed by atoms with E-state index in [4.69, 9.17) is 4.74 Å². The van der Waals surface area contributed by atoms with Crippen LogP contribution in [0.2, 0.25) is 0 Å². The van der Waals surface area contributed by atoms with Gasteiger partial charge in [-0.25, -0.2) is 0 Å². The van der Waals surface area contributed by atoms with E-state index < -0.39 is 0 Å². The third-order valence-corrected chi connectivity index (χ3v) is 2.05. The van der Waals surface area contributed by atoms with Crippen LogP contribution in [0.4, 0.5) is 0 Å². The molecule has 0 saturated heterocycles. The van der Waals surface area contributed by atoms with Crippen LogP contribution in [0.5, 0.6) is 5.75 Å². The second-order valence-electron chi connectivity index (χ2n) is 2.61. The summed E-state index contributed by atoms with van der Waals surface area (Å²) in [4.78, 5) is 3.12. The minimum atomic E-state index is 0.870. The lowest BCUT2D eigenvalue weighted by atomic mass is 10.2. The van der Waals surface area contributed by atoms with Gasteiger partial charge in [0.15, 0.2) is 0 Å². The molecular formula is C9H9NOS. The summed E-state index contributed by atoms with van der Waals surface area (Å²) in [5.41, 5.74) is 1.08. The number of thiol groups is 1. The van der Waals surface area contributed by atoms with Crippen LogP contribution in [-0.2, 0) is 0 Å². The number of hydrogen-bond acceptors (Lipinski definition) is 2. The molecule has 0 aliphatic heterocycles. The molecule has 3 heteroatoms. The summed E-state index contributed by atoms with van der Waals surface area (Å²) in [6.45, 7) is 0. The van der Waals surface area contributed by atoms with Gasteiger partial charge in [0.25, 0.3) is 0 Å². The number of hydrogen-bond donors (Lipinski definition) is 2. The number of aromatic nitrogens is 1. The summed E-state index contributed by atoms with van der Waals surface area (Å²) in [5, 5.41) is 2.00. The molecule has 0 amide bonds. The molecule has 1 aromatic heterocycles. The number of rotatable bonds is 1. The smallest absolute Gasteiger partial charge is 0.119 e. The van der Waals surface area contributed by atoms with Crippen LogP contribution in [0.25, 0.3) is 10.9 Å². The van der Waals surface area contributed by atoms with E-state index in [1.165, 1.54) is 0 Å². The fraction of sp³-hybridized carbons (Fsp3) is 0.111. The molecule has 2 nitrogen and oxygen atoms in total. The fourth-order valence-electron chi connectivity index (χ4n) is 1.22. The monoisotopic (exact) mass is 179 g/mol. The highest BCUT2D eigenvalue weighted by atomic mass is 32.1. The number of ether oxygens (including phenoxy) is 1. The Morgan fingerprint density at radius 1 is 1.33 bits per heavy atom. The third kappa shape index (κ3) is 1.16. The van der Waals surface area contributed by atoms with E-state index >= 15 is 0 Å². The molecule has 62 valence electrons. The fourth-order valence-corrected chi connectivity index (χ4v) is 1.48. The predicted octanol–water partition coefficient (Wildman–Crippen LogP) is 2.47. The zero-order valence-corrected chi connectivity index (χ0v) is 7.56. The highest BCUT2D eigenvalue weighted by molar-refractivity contribution is 7.80. The van der Waals surface area contributed by atoms with Gasteiger partial charge in [0.05, 0.1) is 12.1 Å². The first-order valence-corrected chi connectivity index (χ1v) is 4.10. The number of benzene rings is 1. The van der Waals surface area contributed by atoms with Gasteiger partial charge in [-0.2, -0.15) is 0 Å². The number of nitrogens with one attached hydrogen (secondary N) is 1. The summed E-state index contributed by atoms with van der Waals surface area (Å²) in [6.07, 6.45) is 0. The van der Waals surface area contributed by atoms with Crippen LogP contribution in [-0.4, -0.2) is 12.1 Å². The molecule has 0 unspecified atom stereocenters. The molecular weight excluding hydrogens is 170 g/mol. The topological polar surface area (TPSA) is 25.0 Å². The molecule has 0 saturated carbocycles. The van der Waals surface area contributed by atoms with Gasteiger partial charge in [-0.15, -0.1) is 12.6 Å². The van der Waals surface area contributed by atoms with Gasteiger partial charge in [0.1, 0.15) is 5.75 Å². The van der Waals surface area contributed by atoms with Crippen LogP contribution < -0.4 is 4.74 Å². The van der Waals surface area contributed by atoms with Crippen LogP contribution in [0.1, 0.15) is 0 Å². The van der Waals surface area contributed by atoms with E-state index in [1.807, 2.05) is 24.3 Å². The van der Waals surface area contributed by atoms with Crippen molar-refractivity contribution in [2.45, 2.75) is 5.03 Å². The molecule has 1 N–H and O–H groups in total. The molecule has 2 aromatic rings. The van der Waals surface area contributed by atoms with Crippen molar-refractivity contribution in [3.63, 3.8) is 0 Å². The minimum absolute atomic E-state index is 0.870. The Morgan fingerprint density at radius 3 is 2.92 bits per heavy atom. The van der Waals surface area contributed by atoms with Crippen molar-refractivity contribution in [3.05, 3.63) is 24.3 Å². The predicted molar refractivity (Wildman–Crippen MR) is 52.1 cm³/mol. The molecule has 0 aliphatic carbocycles. The van der Waals surface area contributed by atoms with Crippen LogP contribution >= 0.6 is 12.6 Å². The summed E-state index contributed by atoms with van der Waals surface area (Å²) in [6, 6.07) is 7.85. The maximum absolute atomic E-state index is 5.09. The summed E-state index contributed by atoms with van der Waals surface area (Å²) in [7, 11) is 1.66. The van der Waals surface area contributed by atoms with Crippen LogP contribution in [0.15, 0.2) is 29.3 Å². The summed E-state index contributed by atoms with van der Waals surface area (Å²) >= 11 is 4.21. The second-order valence-corrected chi connectivity index (χ2v) is 3.09. The van der Waals surface area contributed by atoms with E-state index in [9.17, 15) is 0 Å². The van der Waals surface area contributed by atoms with E-state index in [2.05, 4.69) is 17.6 Å². The van der Waals surface area contributed by atoms with Crippen molar-refractivity contribution < 1.29 is 4.74 Å². The van der Waals surface area contributed by atoms with E-state index in [0.717, 1.165) is 21.7 Å². The largest absolute Gasteiger partial charge is 0.497 e. The van der Waals surface area contributed by atoms with Gasteiger partial charge in [-0.3, -0.25) is 0 Å². The molecule has 2 rings (SSSR count). The van der Waals surface area contributed by atoms with Crippen LogP contribution in [0.3, 0.4) is 0 Å². The van der Waals surface area contributed by atoms with Crippen molar-refractivity contribution in [1.29, 1.82) is 0 Å². The lowest BCUT2D eigenvalue weighted by molar-refractivity contribution is 0.415. The summed E-state index contributed by atoms with van der Waals surface area (Å²) < 4.78 is 5.09. The van der Waals surface area contributed by atoms with Gasteiger partial charge in [0, 0.05) is 10.9 Å². The van der Waals surface area contributed by atoms with E-state index in [-0.39, 0.29) is 0 Å². The second kappa shape index (κ2) is 2.75. The minimum Gasteiger partial charge on any atom is -0.497 e. The van der Waals surface area contributed by atoms with Crippen molar-refractivity contribution in [2.24, 2.45) is 0 Å². The maximum Gasteiger partial charge on any atom is 0.119 e. The number of aromatic amines is 1. The Balaban J connectivity index is 2.66. The van der Waals surface area contributed by atoms with Gasteiger partial charge in [-0.1, -0.05) is 0 Å². The maximum atomic E-state index is 5.09. The Labute approximate surface area is 76.0 Å². The van der Waals surface area contributed by atoms with Gasteiger partial charge < -0.3 is 9.72 Å². The Bertz CT molecular complexity index is 408. The molecule has 0 radical (unpaired) electrons. The molecule has 0 atom stereocenters. The normalized spacial score (nSPS) is 10.5. The van der Waals surface area contributed by atoms with Crippen molar-refractivity contribution in [2.75, 3.05) is 7.11 Å². The Morgan fingerprint density at radius 2 is 2.17 bits per heavy atom. The number of fused-ring (bicyclic) bond motifs is 1. The molecule has 0 aliphatic rings. The SMILES string of the molecule is COc1ccc2[nH]c(S)cc2c1. The lowest BCUT2D eigenvalue weighted by Crippen LogP contribution is -1.80. The van der Waals surface area contributed by atoms with Crippen molar-refractivity contribution in [3.8, 4) is 5.75 Å². The van der Waals surface area contributed by atoms with E-state index in [0.29, 0.717) is 0 Å². The average molecular weight is 179 g/mol. The van der Waals surface area contributed by atoms with Gasteiger partial charge in [-0.05, 0) is 24.3 Å². The standard InChI is InChI=1S/C9H9NOS/c1-11-7-2-3-8-6(4-7)5-9(12)10-8/h2-5,10,12H,1H3. The molecule has 0 bridgehead atoms. The molecule has 1 aromatic carbocycles. The third-order valence-electron chi connectivity index (χ3n) is 1.81. The number of H-pyrrole nitrogens is 1.